The summed E-state index contributed by atoms with van der Waals surface area (Å²) in [6.45, 7) is 0. The molecule has 0 atom stereocenters. The molecule has 0 bridgehead atoms. The fourth-order valence-corrected chi connectivity index (χ4v) is 0.807. The van der Waals surface area contributed by atoms with E-state index in [1.54, 1.807) is 0 Å². The number of hydrogen-bond donors (Lipinski definition) is 3. The van der Waals surface area contributed by atoms with Gasteiger partial charge in [-0.1, -0.05) is 0 Å². The Labute approximate surface area is 86.9 Å². The first-order chi connectivity index (χ1) is 5.27. The Kier molecular flexibility index (Phi) is 2.45. The maximum absolute atomic E-state index is 9.06. The summed E-state index contributed by atoms with van der Waals surface area (Å²) in [7, 11) is 0. The zero-order valence-electron chi connectivity index (χ0n) is 6.02. The van der Waals surface area contributed by atoms with Gasteiger partial charge in [0.05, 0.1) is 6.33 Å². The number of imidazole rings is 1. The molecule has 0 aromatic carbocycles. The van der Waals surface area contributed by atoms with E-state index in [1.165, 1.54) is 6.33 Å². The second-order valence-corrected chi connectivity index (χ2v) is 1.95. The minimum atomic E-state index is -0.484. The molecule has 2 radical (unpaired) electrons. The van der Waals surface area contributed by atoms with Crippen LogP contribution in [0.15, 0.2) is 6.33 Å². The van der Waals surface area contributed by atoms with Crippen LogP contribution in [-0.2, 0) is 0 Å². The summed E-state index contributed by atoms with van der Waals surface area (Å²) in [6.07, 6.45) is 1.36. The molecule has 2 heterocycles. The van der Waals surface area contributed by atoms with Gasteiger partial charge in [0.1, 0.15) is 5.52 Å². The van der Waals surface area contributed by atoms with Crippen LogP contribution in [0.3, 0.4) is 0 Å². The van der Waals surface area contributed by atoms with Gasteiger partial charge in [-0.25, -0.2) is 4.98 Å². The molecule has 3 N–H and O–H groups in total. The van der Waals surface area contributed by atoms with Gasteiger partial charge in [0.15, 0.2) is 5.65 Å². The van der Waals surface area contributed by atoms with E-state index in [9.17, 15) is 0 Å². The van der Waals surface area contributed by atoms with Crippen molar-refractivity contribution in [2.75, 3.05) is 0 Å². The first kappa shape index (κ1) is 9.16. The van der Waals surface area contributed by atoms with Crippen LogP contribution in [0.2, 0.25) is 0 Å². The zero-order valence-corrected chi connectivity index (χ0v) is 11.5. The first-order valence-corrected chi connectivity index (χ1v) is 2.86. The van der Waals surface area contributed by atoms with Crippen LogP contribution in [-0.4, -0.2) is 57.4 Å². The number of H-pyrrole nitrogens is 1. The summed E-state index contributed by atoms with van der Waals surface area (Å²) in [5.41, 5.74) is 0.567. The van der Waals surface area contributed by atoms with Crippen molar-refractivity contribution in [1.82, 2.24) is 19.9 Å². The Balaban J connectivity index is 0.000000720. The van der Waals surface area contributed by atoms with Crippen molar-refractivity contribution in [3.8, 4) is 11.9 Å². The van der Waals surface area contributed by atoms with Gasteiger partial charge in [-0.3, -0.25) is 0 Å². The summed E-state index contributed by atoms with van der Waals surface area (Å²) < 4.78 is 0. The van der Waals surface area contributed by atoms with Gasteiger partial charge >= 0.3 is 33.3 Å². The van der Waals surface area contributed by atoms with Crippen molar-refractivity contribution in [2.45, 2.75) is 0 Å². The Morgan fingerprint density at radius 3 is 2.75 bits per heavy atom. The second-order valence-electron chi connectivity index (χ2n) is 1.95. The second kappa shape index (κ2) is 3.21. The molecule has 0 aliphatic heterocycles. The van der Waals surface area contributed by atoms with E-state index >= 15 is 0 Å². The van der Waals surface area contributed by atoms with E-state index in [1.807, 2.05) is 0 Å². The van der Waals surface area contributed by atoms with E-state index in [0.717, 1.165) is 0 Å². The molecule has 0 saturated heterocycles. The summed E-state index contributed by atoms with van der Waals surface area (Å²) in [5.74, 6) is -0.301. The van der Waals surface area contributed by atoms with E-state index in [4.69, 9.17) is 10.2 Å². The van der Waals surface area contributed by atoms with Crippen LogP contribution in [0.4, 0.5) is 0 Å². The SMILES string of the molecule is Oc1nc(O)c2[nH]cnc2n1.[PbH2]. The molecule has 12 heavy (non-hydrogen) atoms. The monoisotopic (exact) mass is 362 g/mol. The Hall–Kier alpha value is -0.928. The molecular weight excluding hydrogens is 355 g/mol. The number of nitrogens with zero attached hydrogens (tertiary/aromatic N) is 3. The molecule has 0 fully saturated rings. The summed E-state index contributed by atoms with van der Waals surface area (Å²) >= 11 is 0. The summed E-state index contributed by atoms with van der Waals surface area (Å²) in [4.78, 5) is 13.2. The molecular formula is C5H6N4O2Pb. The van der Waals surface area contributed by atoms with Crippen LogP contribution in [0.5, 0.6) is 11.9 Å². The van der Waals surface area contributed by atoms with Crippen LogP contribution in [0, 0.1) is 0 Å². The summed E-state index contributed by atoms with van der Waals surface area (Å²) in [6, 6.07) is -0.484. The fraction of sp³-hybridized carbons (Fsp3) is 0. The van der Waals surface area contributed by atoms with Crippen LogP contribution < -0.4 is 0 Å². The van der Waals surface area contributed by atoms with Crippen LogP contribution in [0.25, 0.3) is 11.2 Å². The van der Waals surface area contributed by atoms with Gasteiger partial charge < -0.3 is 15.2 Å². The molecule has 0 aliphatic rings. The third-order valence-corrected chi connectivity index (χ3v) is 1.25. The Morgan fingerprint density at radius 2 is 2.00 bits per heavy atom. The normalized spacial score (nSPS) is 9.67. The average molecular weight is 361 g/mol. The Bertz CT molecular complexity index is 401. The number of hydrogen-bond acceptors (Lipinski definition) is 5. The molecule has 62 valence electrons. The first-order valence-electron chi connectivity index (χ1n) is 2.86. The van der Waals surface area contributed by atoms with Gasteiger partial charge in [0.25, 0.3) is 0 Å². The topological polar surface area (TPSA) is 94.9 Å². The number of rotatable bonds is 0. The Morgan fingerprint density at radius 1 is 1.25 bits per heavy atom. The molecule has 0 amide bonds. The zero-order chi connectivity index (χ0) is 7.84. The third kappa shape index (κ3) is 1.33. The number of aromatic nitrogens is 4. The standard InChI is InChI=1S/C5H4N4O2.Pb.2H/c10-4-2-3(7-1-6-2)8-5(11)9-4;;;/h1H,(H3,6,7,8,9,10,11);;;. The number of aromatic amines is 1. The molecule has 0 aliphatic carbocycles. The van der Waals surface area contributed by atoms with Gasteiger partial charge in [0.2, 0.25) is 5.88 Å². The van der Waals surface area contributed by atoms with Crippen molar-refractivity contribution < 1.29 is 10.2 Å². The van der Waals surface area contributed by atoms with Gasteiger partial charge in [-0.2, -0.15) is 9.97 Å². The van der Waals surface area contributed by atoms with Crippen molar-refractivity contribution in [3.05, 3.63) is 6.33 Å². The molecule has 6 nitrogen and oxygen atoms in total. The van der Waals surface area contributed by atoms with E-state index in [-0.39, 0.29) is 38.8 Å². The van der Waals surface area contributed by atoms with Crippen LogP contribution >= 0.6 is 0 Å². The predicted octanol–water partition coefficient (Wildman–Crippen LogP) is -1.15. The number of nitrogens with one attached hydrogen (secondary N) is 1. The number of aromatic hydroxyl groups is 2. The fourth-order valence-electron chi connectivity index (χ4n) is 0.807. The maximum atomic E-state index is 9.06. The molecule has 0 saturated carbocycles. The summed E-state index contributed by atoms with van der Waals surface area (Å²) in [5, 5.41) is 17.9. The molecule has 2 aromatic heterocycles. The molecule has 7 heteroatoms. The van der Waals surface area contributed by atoms with E-state index < -0.39 is 6.01 Å². The van der Waals surface area contributed by atoms with E-state index in [2.05, 4.69) is 19.9 Å². The third-order valence-electron chi connectivity index (χ3n) is 1.25. The average Bonchev–Trinajstić information content (AvgIpc) is 2.34. The van der Waals surface area contributed by atoms with Crippen LogP contribution in [0.1, 0.15) is 0 Å². The van der Waals surface area contributed by atoms with Crippen molar-refractivity contribution >= 4 is 38.5 Å². The predicted molar refractivity (Wildman–Crippen MR) is 43.6 cm³/mol. The quantitative estimate of drug-likeness (QED) is 0.515. The molecule has 0 unspecified atom stereocenters. The van der Waals surface area contributed by atoms with Gasteiger partial charge in [-0.05, 0) is 0 Å². The van der Waals surface area contributed by atoms with Crippen molar-refractivity contribution in [2.24, 2.45) is 0 Å². The van der Waals surface area contributed by atoms with Crippen molar-refractivity contribution in [3.63, 3.8) is 0 Å². The van der Waals surface area contributed by atoms with Gasteiger partial charge in [-0.15, -0.1) is 0 Å². The number of fused-ring (bicyclic) bond motifs is 1. The van der Waals surface area contributed by atoms with Gasteiger partial charge in [0, 0.05) is 0 Å². The van der Waals surface area contributed by atoms with E-state index in [0.29, 0.717) is 5.52 Å². The minimum absolute atomic E-state index is 0. The molecule has 2 aromatic rings. The molecule has 2 rings (SSSR count). The van der Waals surface area contributed by atoms with Crippen molar-refractivity contribution in [1.29, 1.82) is 0 Å². The molecule has 0 spiro atoms.